The van der Waals surface area contributed by atoms with Crippen molar-refractivity contribution < 1.29 is 23.0 Å². The summed E-state index contributed by atoms with van der Waals surface area (Å²) in [6.07, 6.45) is 0.604. The number of benzene rings is 2. The van der Waals surface area contributed by atoms with Crippen LogP contribution in [0, 0.1) is 0 Å². The smallest absolute Gasteiger partial charge is 0.387 e. The van der Waals surface area contributed by atoms with Gasteiger partial charge in [-0.2, -0.15) is 8.78 Å². The van der Waals surface area contributed by atoms with E-state index in [1.165, 1.54) is 7.11 Å². The molecule has 0 atom stereocenters. The molecule has 8 heteroatoms. The van der Waals surface area contributed by atoms with Crippen LogP contribution in [0.4, 0.5) is 8.78 Å². The van der Waals surface area contributed by atoms with Crippen molar-refractivity contribution in [2.24, 2.45) is 4.99 Å². The second-order valence-electron chi connectivity index (χ2n) is 5.81. The molecule has 0 unspecified atom stereocenters. The molecule has 0 aliphatic heterocycles. The summed E-state index contributed by atoms with van der Waals surface area (Å²) < 4.78 is 39.7. The highest BCUT2D eigenvalue weighted by atomic mass is 19.3. The van der Waals surface area contributed by atoms with Crippen molar-refractivity contribution in [1.82, 2.24) is 10.6 Å². The van der Waals surface area contributed by atoms with Gasteiger partial charge in [-0.3, -0.25) is 4.99 Å². The predicted octanol–water partition coefficient (Wildman–Crippen LogP) is 3.21. The number of nitrogens with zero attached hydrogens (tertiary/aromatic N) is 1. The minimum absolute atomic E-state index is 0.0250. The van der Waals surface area contributed by atoms with E-state index in [0.29, 0.717) is 25.5 Å². The molecule has 2 aromatic rings. The molecule has 0 radical (unpaired) electrons. The average molecular weight is 393 g/mol. The molecule has 2 rings (SSSR count). The number of nitrogens with one attached hydrogen (secondary N) is 2. The normalized spacial score (nSPS) is 11.3. The number of halogens is 2. The van der Waals surface area contributed by atoms with Crippen LogP contribution >= 0.6 is 0 Å². The minimum Gasteiger partial charge on any atom is -0.497 e. The van der Waals surface area contributed by atoms with Gasteiger partial charge in [-0.05, 0) is 41.8 Å². The number of alkyl halides is 2. The first-order valence-electron chi connectivity index (χ1n) is 8.75. The average Bonchev–Trinajstić information content (AvgIpc) is 2.70. The Morgan fingerprint density at radius 3 is 2.29 bits per heavy atom. The van der Waals surface area contributed by atoms with Gasteiger partial charge in [0.15, 0.2) is 17.5 Å². The van der Waals surface area contributed by atoms with E-state index in [1.807, 2.05) is 30.3 Å². The van der Waals surface area contributed by atoms with Crippen LogP contribution in [0.3, 0.4) is 0 Å². The minimum atomic E-state index is -2.90. The first-order chi connectivity index (χ1) is 13.5. The lowest BCUT2D eigenvalue weighted by molar-refractivity contribution is -0.0512. The van der Waals surface area contributed by atoms with E-state index in [4.69, 9.17) is 9.47 Å². The summed E-state index contributed by atoms with van der Waals surface area (Å²) in [6.45, 7) is -1.72. The third-order valence-electron chi connectivity index (χ3n) is 3.99. The quantitative estimate of drug-likeness (QED) is 0.506. The van der Waals surface area contributed by atoms with Crippen molar-refractivity contribution in [1.29, 1.82) is 0 Å². The molecule has 0 aliphatic rings. The SMILES string of the molecule is CN=C(NCCc1ccc(OC)c(OC(F)F)c1)NCc1ccc(OC)cc1. The summed E-state index contributed by atoms with van der Waals surface area (Å²) in [4.78, 5) is 4.18. The summed E-state index contributed by atoms with van der Waals surface area (Å²) in [7, 11) is 4.73. The van der Waals surface area contributed by atoms with Gasteiger partial charge < -0.3 is 24.8 Å². The summed E-state index contributed by atoms with van der Waals surface area (Å²) >= 11 is 0. The van der Waals surface area contributed by atoms with Crippen molar-refractivity contribution in [3.63, 3.8) is 0 Å². The Balaban J connectivity index is 1.84. The third kappa shape index (κ3) is 6.61. The van der Waals surface area contributed by atoms with Crippen LogP contribution in [0.2, 0.25) is 0 Å². The van der Waals surface area contributed by atoms with Gasteiger partial charge in [-0.15, -0.1) is 0 Å². The number of rotatable bonds is 9. The molecule has 0 heterocycles. The van der Waals surface area contributed by atoms with Gasteiger partial charge in [0.1, 0.15) is 5.75 Å². The summed E-state index contributed by atoms with van der Waals surface area (Å²) in [5.41, 5.74) is 1.93. The van der Waals surface area contributed by atoms with E-state index in [9.17, 15) is 8.78 Å². The van der Waals surface area contributed by atoms with Crippen molar-refractivity contribution >= 4 is 5.96 Å². The third-order valence-corrected chi connectivity index (χ3v) is 3.99. The number of ether oxygens (including phenoxy) is 3. The lowest BCUT2D eigenvalue weighted by Gasteiger charge is -2.14. The molecule has 0 fully saturated rings. The van der Waals surface area contributed by atoms with E-state index in [1.54, 1.807) is 26.3 Å². The zero-order valence-corrected chi connectivity index (χ0v) is 16.2. The predicted molar refractivity (Wildman–Crippen MR) is 105 cm³/mol. The Morgan fingerprint density at radius 2 is 1.68 bits per heavy atom. The topological polar surface area (TPSA) is 64.1 Å². The molecule has 0 saturated carbocycles. The molecule has 0 aliphatic carbocycles. The number of methoxy groups -OCH3 is 2. The van der Waals surface area contributed by atoms with Gasteiger partial charge in [0, 0.05) is 20.1 Å². The Morgan fingerprint density at radius 1 is 0.964 bits per heavy atom. The zero-order chi connectivity index (χ0) is 20.4. The van der Waals surface area contributed by atoms with Gasteiger partial charge >= 0.3 is 6.61 Å². The van der Waals surface area contributed by atoms with Crippen LogP contribution in [0.5, 0.6) is 17.2 Å². The van der Waals surface area contributed by atoms with Gasteiger partial charge in [0.2, 0.25) is 0 Å². The second-order valence-corrected chi connectivity index (χ2v) is 5.81. The monoisotopic (exact) mass is 393 g/mol. The maximum absolute atomic E-state index is 12.5. The molecule has 2 aromatic carbocycles. The highest BCUT2D eigenvalue weighted by molar-refractivity contribution is 5.79. The fourth-order valence-electron chi connectivity index (χ4n) is 2.54. The highest BCUT2D eigenvalue weighted by Crippen LogP contribution is 2.29. The molecule has 28 heavy (non-hydrogen) atoms. The zero-order valence-electron chi connectivity index (χ0n) is 16.2. The van der Waals surface area contributed by atoms with Crippen LogP contribution in [-0.4, -0.2) is 40.4 Å². The lowest BCUT2D eigenvalue weighted by atomic mass is 10.1. The van der Waals surface area contributed by atoms with E-state index < -0.39 is 6.61 Å². The molecule has 0 bridgehead atoms. The standard InChI is InChI=1S/C20H25F2N3O3/c1-23-20(25-13-15-4-7-16(26-2)8-5-15)24-11-10-14-6-9-17(27-3)18(12-14)28-19(21)22/h4-9,12,19H,10-11,13H2,1-3H3,(H2,23,24,25). The molecule has 152 valence electrons. The molecule has 6 nitrogen and oxygen atoms in total. The first-order valence-corrected chi connectivity index (χ1v) is 8.75. The highest BCUT2D eigenvalue weighted by Gasteiger charge is 2.11. The fraction of sp³-hybridized carbons (Fsp3) is 0.350. The summed E-state index contributed by atoms with van der Waals surface area (Å²) in [5, 5.41) is 6.41. The number of hydrogen-bond acceptors (Lipinski definition) is 4. The van der Waals surface area contributed by atoms with Crippen molar-refractivity contribution in [3.05, 3.63) is 53.6 Å². The fourth-order valence-corrected chi connectivity index (χ4v) is 2.54. The summed E-state index contributed by atoms with van der Waals surface area (Å²) in [5.74, 6) is 1.75. The van der Waals surface area contributed by atoms with Crippen LogP contribution < -0.4 is 24.8 Å². The molecule has 0 amide bonds. The van der Waals surface area contributed by atoms with Crippen molar-refractivity contribution in [2.45, 2.75) is 19.6 Å². The molecule has 0 saturated heterocycles. The number of guanidine groups is 1. The van der Waals surface area contributed by atoms with Crippen LogP contribution in [0.1, 0.15) is 11.1 Å². The van der Waals surface area contributed by atoms with E-state index in [-0.39, 0.29) is 11.5 Å². The Bertz CT molecular complexity index is 768. The van der Waals surface area contributed by atoms with Crippen molar-refractivity contribution in [2.75, 3.05) is 27.8 Å². The largest absolute Gasteiger partial charge is 0.497 e. The lowest BCUT2D eigenvalue weighted by Crippen LogP contribution is -2.37. The van der Waals surface area contributed by atoms with E-state index >= 15 is 0 Å². The molecular formula is C20H25F2N3O3. The molecule has 0 aromatic heterocycles. The van der Waals surface area contributed by atoms with E-state index in [0.717, 1.165) is 16.9 Å². The van der Waals surface area contributed by atoms with Gasteiger partial charge in [0.25, 0.3) is 0 Å². The maximum atomic E-state index is 12.5. The Labute approximate surface area is 163 Å². The molecule has 0 spiro atoms. The number of hydrogen-bond donors (Lipinski definition) is 2. The Kier molecular flexibility index (Phi) is 8.33. The second kappa shape index (κ2) is 11.0. The van der Waals surface area contributed by atoms with Gasteiger partial charge in [-0.1, -0.05) is 18.2 Å². The van der Waals surface area contributed by atoms with Gasteiger partial charge in [-0.25, -0.2) is 0 Å². The molecule has 2 N–H and O–H groups in total. The maximum Gasteiger partial charge on any atom is 0.387 e. The number of aliphatic imine (C=N–C) groups is 1. The van der Waals surface area contributed by atoms with Crippen LogP contribution in [0.25, 0.3) is 0 Å². The van der Waals surface area contributed by atoms with Crippen LogP contribution in [-0.2, 0) is 13.0 Å². The molecular weight excluding hydrogens is 368 g/mol. The van der Waals surface area contributed by atoms with E-state index in [2.05, 4.69) is 20.4 Å². The van der Waals surface area contributed by atoms with Crippen molar-refractivity contribution in [3.8, 4) is 17.2 Å². The first kappa shape index (κ1) is 21.3. The van der Waals surface area contributed by atoms with Crippen LogP contribution in [0.15, 0.2) is 47.5 Å². The summed E-state index contributed by atoms with van der Waals surface area (Å²) in [6, 6.07) is 12.7. The Hall–Kier alpha value is -3.03. The van der Waals surface area contributed by atoms with Gasteiger partial charge in [0.05, 0.1) is 14.2 Å².